The number of para-hydroxylation sites is 1. The van der Waals surface area contributed by atoms with Gasteiger partial charge in [0, 0.05) is 0 Å². The molecule has 0 bridgehead atoms. The molecule has 0 amide bonds. The van der Waals surface area contributed by atoms with E-state index < -0.39 is 0 Å². The number of aliphatic hydroxyl groups is 1. The molecule has 0 aliphatic carbocycles. The molecule has 1 atom stereocenters. The Morgan fingerprint density at radius 1 is 1.46 bits per heavy atom. The van der Waals surface area contributed by atoms with Crippen molar-refractivity contribution in [1.82, 2.24) is 15.0 Å². The van der Waals surface area contributed by atoms with Crippen molar-refractivity contribution < 1.29 is 5.11 Å². The first-order chi connectivity index (χ1) is 6.33. The van der Waals surface area contributed by atoms with Crippen molar-refractivity contribution in [3.05, 3.63) is 24.3 Å². The molecule has 0 aliphatic rings. The Balaban J connectivity index is 2.57. The van der Waals surface area contributed by atoms with Crippen LogP contribution in [0, 0.1) is 0 Å². The summed E-state index contributed by atoms with van der Waals surface area (Å²) in [5, 5.41) is 16.9. The molecule has 1 heterocycles. The summed E-state index contributed by atoms with van der Waals surface area (Å²) in [6, 6.07) is 7.69. The fourth-order valence-electron chi connectivity index (χ4n) is 1.29. The first-order valence-electron chi connectivity index (χ1n) is 4.23. The molecule has 4 heteroatoms. The lowest BCUT2D eigenvalue weighted by atomic mass is 10.3. The predicted octanol–water partition coefficient (Wildman–Crippen LogP) is 0.985. The Hall–Kier alpha value is -1.42. The number of rotatable bonds is 2. The van der Waals surface area contributed by atoms with E-state index >= 15 is 0 Å². The van der Waals surface area contributed by atoms with Gasteiger partial charge in [0.2, 0.25) is 0 Å². The van der Waals surface area contributed by atoms with Crippen LogP contribution in [-0.4, -0.2) is 26.7 Å². The van der Waals surface area contributed by atoms with Gasteiger partial charge in [-0.2, -0.15) is 0 Å². The van der Waals surface area contributed by atoms with Crippen molar-refractivity contribution in [1.29, 1.82) is 0 Å². The van der Waals surface area contributed by atoms with E-state index in [0.29, 0.717) is 0 Å². The van der Waals surface area contributed by atoms with Crippen LogP contribution in [0.2, 0.25) is 0 Å². The molecule has 0 saturated carbocycles. The van der Waals surface area contributed by atoms with Gasteiger partial charge in [0.25, 0.3) is 0 Å². The zero-order chi connectivity index (χ0) is 9.26. The zero-order valence-electron chi connectivity index (χ0n) is 7.38. The second kappa shape index (κ2) is 3.14. The minimum absolute atomic E-state index is 0.0209. The Morgan fingerprint density at radius 2 is 2.23 bits per heavy atom. The lowest BCUT2D eigenvalue weighted by Gasteiger charge is -2.07. The summed E-state index contributed by atoms with van der Waals surface area (Å²) in [6.45, 7) is 1.98. The van der Waals surface area contributed by atoms with Crippen molar-refractivity contribution >= 4 is 11.0 Å². The SMILES string of the molecule is CC(CO)n1nnc2ccccc21. The maximum atomic E-state index is 8.98. The molecule has 1 N–H and O–H groups in total. The molecule has 1 unspecified atom stereocenters. The average molecular weight is 177 g/mol. The van der Waals surface area contributed by atoms with Crippen LogP contribution >= 0.6 is 0 Å². The molecule has 2 rings (SSSR count). The van der Waals surface area contributed by atoms with E-state index in [-0.39, 0.29) is 12.6 Å². The minimum atomic E-state index is -0.0209. The molecule has 0 saturated heterocycles. The van der Waals surface area contributed by atoms with Gasteiger partial charge in [-0.25, -0.2) is 4.68 Å². The van der Waals surface area contributed by atoms with Gasteiger partial charge in [-0.3, -0.25) is 0 Å². The number of hydrogen-bond donors (Lipinski definition) is 1. The van der Waals surface area contributed by atoms with Crippen molar-refractivity contribution in [2.75, 3.05) is 6.61 Å². The fraction of sp³-hybridized carbons (Fsp3) is 0.333. The van der Waals surface area contributed by atoms with Gasteiger partial charge in [0.05, 0.1) is 18.2 Å². The highest BCUT2D eigenvalue weighted by molar-refractivity contribution is 5.73. The number of hydrogen-bond acceptors (Lipinski definition) is 3. The van der Waals surface area contributed by atoms with E-state index in [1.807, 2.05) is 31.2 Å². The normalized spacial score (nSPS) is 13.4. The molecule has 0 spiro atoms. The highest BCUT2D eigenvalue weighted by Gasteiger charge is 2.08. The van der Waals surface area contributed by atoms with Crippen LogP contribution in [0.15, 0.2) is 24.3 Å². The smallest absolute Gasteiger partial charge is 0.113 e. The van der Waals surface area contributed by atoms with Gasteiger partial charge >= 0.3 is 0 Å². The summed E-state index contributed by atoms with van der Waals surface area (Å²) in [5.41, 5.74) is 1.83. The third kappa shape index (κ3) is 1.29. The lowest BCUT2D eigenvalue weighted by molar-refractivity contribution is 0.231. The highest BCUT2D eigenvalue weighted by Crippen LogP contribution is 2.14. The monoisotopic (exact) mass is 177 g/mol. The molecule has 4 nitrogen and oxygen atoms in total. The van der Waals surface area contributed by atoms with E-state index in [9.17, 15) is 0 Å². The predicted molar refractivity (Wildman–Crippen MR) is 49.3 cm³/mol. The summed E-state index contributed by atoms with van der Waals surface area (Å²) >= 11 is 0. The van der Waals surface area contributed by atoms with Gasteiger partial charge in [0.1, 0.15) is 5.52 Å². The van der Waals surface area contributed by atoms with Crippen molar-refractivity contribution in [2.24, 2.45) is 0 Å². The van der Waals surface area contributed by atoms with Gasteiger partial charge in [0.15, 0.2) is 0 Å². The second-order valence-electron chi connectivity index (χ2n) is 3.05. The van der Waals surface area contributed by atoms with Crippen molar-refractivity contribution in [3.8, 4) is 0 Å². The molecule has 0 radical (unpaired) electrons. The third-order valence-electron chi connectivity index (χ3n) is 2.06. The zero-order valence-corrected chi connectivity index (χ0v) is 7.38. The third-order valence-corrected chi connectivity index (χ3v) is 2.06. The van der Waals surface area contributed by atoms with Gasteiger partial charge in [-0.05, 0) is 19.1 Å². The van der Waals surface area contributed by atoms with E-state index in [2.05, 4.69) is 10.3 Å². The van der Waals surface area contributed by atoms with Crippen LogP contribution in [0.1, 0.15) is 13.0 Å². The quantitative estimate of drug-likeness (QED) is 0.744. The number of nitrogens with zero attached hydrogens (tertiary/aromatic N) is 3. The fourth-order valence-corrected chi connectivity index (χ4v) is 1.29. The molecular formula is C9H11N3O. The van der Waals surface area contributed by atoms with Crippen molar-refractivity contribution in [3.63, 3.8) is 0 Å². The first kappa shape index (κ1) is 8.19. The standard InChI is InChI=1S/C9H11N3O/c1-7(6-13)12-9-5-3-2-4-8(9)10-11-12/h2-5,7,13H,6H2,1H3. The van der Waals surface area contributed by atoms with Crippen LogP contribution in [0.4, 0.5) is 0 Å². The topological polar surface area (TPSA) is 50.9 Å². The Morgan fingerprint density at radius 3 is 3.00 bits per heavy atom. The van der Waals surface area contributed by atoms with Gasteiger partial charge in [-0.15, -0.1) is 5.10 Å². The van der Waals surface area contributed by atoms with E-state index in [4.69, 9.17) is 5.11 Å². The Bertz CT molecular complexity index is 410. The highest BCUT2D eigenvalue weighted by atomic mass is 16.3. The van der Waals surface area contributed by atoms with E-state index in [0.717, 1.165) is 11.0 Å². The molecule has 2 aromatic rings. The summed E-state index contributed by atoms with van der Waals surface area (Å²) in [6.07, 6.45) is 0. The van der Waals surface area contributed by atoms with E-state index in [1.165, 1.54) is 0 Å². The maximum Gasteiger partial charge on any atom is 0.113 e. The van der Waals surface area contributed by atoms with E-state index in [1.54, 1.807) is 4.68 Å². The average Bonchev–Trinajstić information content (AvgIpc) is 2.60. The summed E-state index contributed by atoms with van der Waals surface area (Å²) in [5.74, 6) is 0. The number of aliphatic hydroxyl groups excluding tert-OH is 1. The summed E-state index contributed by atoms with van der Waals surface area (Å²) in [7, 11) is 0. The summed E-state index contributed by atoms with van der Waals surface area (Å²) in [4.78, 5) is 0. The largest absolute Gasteiger partial charge is 0.394 e. The number of fused-ring (bicyclic) bond motifs is 1. The lowest BCUT2D eigenvalue weighted by Crippen LogP contribution is -2.10. The Kier molecular flexibility index (Phi) is 1.98. The second-order valence-corrected chi connectivity index (χ2v) is 3.05. The van der Waals surface area contributed by atoms with Crippen molar-refractivity contribution in [2.45, 2.75) is 13.0 Å². The molecule has 13 heavy (non-hydrogen) atoms. The molecule has 1 aromatic heterocycles. The molecule has 68 valence electrons. The molecule has 0 fully saturated rings. The number of aromatic nitrogens is 3. The van der Waals surface area contributed by atoms with Crippen LogP contribution in [0.25, 0.3) is 11.0 Å². The Labute approximate surface area is 75.8 Å². The molecule has 1 aromatic carbocycles. The van der Waals surface area contributed by atoms with Crippen LogP contribution < -0.4 is 0 Å². The van der Waals surface area contributed by atoms with Gasteiger partial charge < -0.3 is 5.11 Å². The molecule has 0 aliphatic heterocycles. The van der Waals surface area contributed by atoms with Crippen LogP contribution in [-0.2, 0) is 0 Å². The molecular weight excluding hydrogens is 166 g/mol. The first-order valence-corrected chi connectivity index (χ1v) is 4.23. The van der Waals surface area contributed by atoms with Gasteiger partial charge in [-0.1, -0.05) is 17.3 Å². The van der Waals surface area contributed by atoms with Crippen LogP contribution in [0.5, 0.6) is 0 Å². The number of benzene rings is 1. The van der Waals surface area contributed by atoms with Crippen LogP contribution in [0.3, 0.4) is 0 Å². The maximum absolute atomic E-state index is 8.98. The minimum Gasteiger partial charge on any atom is -0.394 e. The summed E-state index contributed by atoms with van der Waals surface area (Å²) < 4.78 is 1.73.